The number of ketones is 1. The monoisotopic (exact) mass is 422 g/mol. The fourth-order valence-electron chi connectivity index (χ4n) is 2.88. The summed E-state index contributed by atoms with van der Waals surface area (Å²) in [5.41, 5.74) is 2.11. The number of hydrogen-bond donors (Lipinski definition) is 2. The Bertz CT molecular complexity index is 1280. The molecule has 0 spiro atoms. The van der Waals surface area contributed by atoms with Gasteiger partial charge in [-0.1, -0.05) is 41.9 Å². The van der Waals surface area contributed by atoms with Gasteiger partial charge in [0.05, 0.1) is 20.6 Å². The Kier molecular flexibility index (Phi) is 5.20. The van der Waals surface area contributed by atoms with Crippen molar-refractivity contribution in [1.29, 1.82) is 0 Å². The van der Waals surface area contributed by atoms with Crippen LogP contribution in [0.1, 0.15) is 15.9 Å². The number of thiophene rings is 1. The van der Waals surface area contributed by atoms with Gasteiger partial charge >= 0.3 is 5.69 Å². The number of hydrogen-bond acceptors (Lipinski definition) is 4. The lowest BCUT2D eigenvalue weighted by Crippen LogP contribution is -2.14. The van der Waals surface area contributed by atoms with Crippen LogP contribution in [-0.4, -0.2) is 20.4 Å². The molecule has 7 heteroatoms. The highest BCUT2D eigenvalue weighted by Crippen LogP contribution is 2.29. The van der Waals surface area contributed by atoms with E-state index in [9.17, 15) is 14.7 Å². The largest absolute Gasteiger partial charge is 0.508 e. The maximum absolute atomic E-state index is 12.5. The zero-order valence-electron chi connectivity index (χ0n) is 15.0. The zero-order valence-corrected chi connectivity index (χ0v) is 16.6. The van der Waals surface area contributed by atoms with Crippen LogP contribution in [0.3, 0.4) is 0 Å². The van der Waals surface area contributed by atoms with Crippen LogP contribution in [0.25, 0.3) is 22.3 Å². The van der Waals surface area contributed by atoms with Gasteiger partial charge in [-0.25, -0.2) is 4.79 Å². The van der Waals surface area contributed by atoms with Crippen LogP contribution >= 0.6 is 22.9 Å². The van der Waals surface area contributed by atoms with Gasteiger partial charge in [0.15, 0.2) is 5.78 Å². The van der Waals surface area contributed by atoms with Crippen LogP contribution < -0.4 is 5.69 Å². The lowest BCUT2D eigenvalue weighted by molar-refractivity contribution is 0.104. The van der Waals surface area contributed by atoms with Crippen molar-refractivity contribution in [2.75, 3.05) is 0 Å². The quantitative estimate of drug-likeness (QED) is 0.345. The fourth-order valence-corrected chi connectivity index (χ4v) is 3.89. The Labute approximate surface area is 175 Å². The molecule has 5 nitrogen and oxygen atoms in total. The number of halogens is 1. The van der Waals surface area contributed by atoms with E-state index >= 15 is 0 Å². The number of aromatic nitrogens is 2. The second-order valence-electron chi connectivity index (χ2n) is 6.29. The normalized spacial score (nSPS) is 11.2. The predicted molar refractivity (Wildman–Crippen MR) is 116 cm³/mol. The highest BCUT2D eigenvalue weighted by Gasteiger charge is 2.11. The van der Waals surface area contributed by atoms with Gasteiger partial charge in [-0.15, -0.1) is 11.3 Å². The van der Waals surface area contributed by atoms with E-state index in [1.165, 1.54) is 22.0 Å². The molecule has 0 radical (unpaired) electrons. The summed E-state index contributed by atoms with van der Waals surface area (Å²) in [5.74, 6) is -0.0692. The maximum Gasteiger partial charge on any atom is 0.330 e. The fraction of sp³-hybridized carbons (Fsp3) is 0. The molecule has 0 bridgehead atoms. The Morgan fingerprint density at radius 1 is 1.10 bits per heavy atom. The van der Waals surface area contributed by atoms with Crippen molar-refractivity contribution >= 4 is 34.8 Å². The molecular formula is C22H15ClN2O3S. The number of aromatic amines is 1. The van der Waals surface area contributed by atoms with E-state index < -0.39 is 0 Å². The van der Waals surface area contributed by atoms with E-state index in [1.807, 2.05) is 6.07 Å². The number of nitrogens with zero attached hydrogens (tertiary/aromatic N) is 1. The summed E-state index contributed by atoms with van der Waals surface area (Å²) >= 11 is 7.35. The molecule has 144 valence electrons. The average Bonchev–Trinajstić information content (AvgIpc) is 3.32. The number of rotatable bonds is 5. The molecule has 0 amide bonds. The number of carbonyl (C=O) groups excluding carboxylic acids is 1. The van der Waals surface area contributed by atoms with Gasteiger partial charge in [0, 0.05) is 11.8 Å². The summed E-state index contributed by atoms with van der Waals surface area (Å²) in [6.45, 7) is 0. The topological polar surface area (TPSA) is 75.1 Å². The Morgan fingerprint density at radius 3 is 2.69 bits per heavy atom. The molecule has 0 aliphatic carbocycles. The lowest BCUT2D eigenvalue weighted by atomic mass is 10.1. The summed E-state index contributed by atoms with van der Waals surface area (Å²) in [6, 6.07) is 17.1. The number of H-pyrrole nitrogens is 1. The minimum Gasteiger partial charge on any atom is -0.508 e. The summed E-state index contributed by atoms with van der Waals surface area (Å²) in [5, 5.41) is 9.51. The van der Waals surface area contributed by atoms with Crippen molar-refractivity contribution in [3.8, 4) is 22.0 Å². The maximum atomic E-state index is 12.5. The smallest absolute Gasteiger partial charge is 0.330 e. The van der Waals surface area contributed by atoms with E-state index in [0.29, 0.717) is 21.3 Å². The molecule has 2 N–H and O–H groups in total. The van der Waals surface area contributed by atoms with Crippen molar-refractivity contribution in [2.24, 2.45) is 0 Å². The number of nitrogens with one attached hydrogen (secondary N) is 1. The van der Waals surface area contributed by atoms with Crippen LogP contribution in [0, 0.1) is 0 Å². The van der Waals surface area contributed by atoms with Gasteiger partial charge in [-0.2, -0.15) is 0 Å². The van der Waals surface area contributed by atoms with Crippen LogP contribution in [-0.2, 0) is 0 Å². The van der Waals surface area contributed by atoms with Crippen LogP contribution in [0.2, 0.25) is 4.34 Å². The lowest BCUT2D eigenvalue weighted by Gasteiger charge is -2.03. The van der Waals surface area contributed by atoms with E-state index in [-0.39, 0.29) is 17.2 Å². The molecule has 29 heavy (non-hydrogen) atoms. The van der Waals surface area contributed by atoms with E-state index in [2.05, 4.69) is 4.98 Å². The average molecular weight is 423 g/mol. The van der Waals surface area contributed by atoms with Crippen LogP contribution in [0.4, 0.5) is 0 Å². The first kappa shape index (κ1) is 19.0. The molecular weight excluding hydrogens is 408 g/mol. The molecule has 2 aromatic carbocycles. The molecule has 0 saturated heterocycles. The number of imidazole rings is 1. The SMILES string of the molecule is O=C(C=Cc1cccc(O)c1)c1cccc(-n2cc(-c3ccc(Cl)s3)[nH]c2=O)c1. The van der Waals surface area contributed by atoms with Gasteiger partial charge in [-0.3, -0.25) is 9.36 Å². The van der Waals surface area contributed by atoms with Crippen molar-refractivity contribution in [3.63, 3.8) is 0 Å². The van der Waals surface area contributed by atoms with Gasteiger partial charge in [0.2, 0.25) is 0 Å². The number of allylic oxidation sites excluding steroid dienone is 1. The molecule has 0 saturated carbocycles. The van der Waals surface area contributed by atoms with Crippen LogP contribution in [0.5, 0.6) is 5.75 Å². The zero-order chi connectivity index (χ0) is 20.4. The molecule has 2 heterocycles. The van der Waals surface area contributed by atoms with E-state index in [0.717, 1.165) is 10.4 Å². The van der Waals surface area contributed by atoms with Crippen molar-refractivity contribution in [2.45, 2.75) is 0 Å². The van der Waals surface area contributed by atoms with E-state index in [1.54, 1.807) is 66.9 Å². The number of aromatic hydroxyl groups is 1. The first-order valence-electron chi connectivity index (χ1n) is 8.69. The van der Waals surface area contributed by atoms with Crippen molar-refractivity contribution < 1.29 is 9.90 Å². The molecule has 0 unspecified atom stereocenters. The van der Waals surface area contributed by atoms with Gasteiger partial charge in [0.1, 0.15) is 5.75 Å². The number of phenolic OH excluding ortho intramolecular Hbond substituents is 1. The summed E-state index contributed by atoms with van der Waals surface area (Å²) in [4.78, 5) is 28.6. The standard InChI is InChI=1S/C22H15ClN2O3S/c23-21-10-9-20(29-21)18-13-25(22(28)24-18)16-5-2-4-15(12-16)19(27)8-7-14-3-1-6-17(26)11-14/h1-13,26H,(H,24,28). The number of carbonyl (C=O) groups is 1. The van der Waals surface area contributed by atoms with Gasteiger partial charge in [0.25, 0.3) is 0 Å². The second kappa shape index (κ2) is 7.95. The minimum atomic E-state index is -0.301. The first-order valence-corrected chi connectivity index (χ1v) is 9.88. The van der Waals surface area contributed by atoms with E-state index in [4.69, 9.17) is 11.6 Å². The molecule has 4 rings (SSSR count). The Balaban J connectivity index is 1.61. The first-order chi connectivity index (χ1) is 14.0. The molecule has 4 aromatic rings. The Morgan fingerprint density at radius 2 is 1.93 bits per heavy atom. The van der Waals surface area contributed by atoms with Crippen LogP contribution in [0.15, 0.2) is 77.7 Å². The molecule has 0 fully saturated rings. The van der Waals surface area contributed by atoms with Gasteiger partial charge in [-0.05, 0) is 48.0 Å². The summed E-state index contributed by atoms with van der Waals surface area (Å²) in [6.07, 6.45) is 4.76. The predicted octanol–water partition coefficient (Wildman–Crippen LogP) is 5.15. The third kappa shape index (κ3) is 4.23. The highest BCUT2D eigenvalue weighted by molar-refractivity contribution is 7.19. The molecule has 0 atom stereocenters. The molecule has 0 aliphatic heterocycles. The third-order valence-corrected chi connectivity index (χ3v) is 5.53. The second-order valence-corrected chi connectivity index (χ2v) is 8.00. The summed E-state index contributed by atoms with van der Waals surface area (Å²) < 4.78 is 2.10. The third-order valence-electron chi connectivity index (χ3n) is 4.26. The minimum absolute atomic E-state index is 0.135. The number of phenols is 1. The van der Waals surface area contributed by atoms with Gasteiger partial charge < -0.3 is 10.1 Å². The van der Waals surface area contributed by atoms with Crippen molar-refractivity contribution in [1.82, 2.24) is 9.55 Å². The summed E-state index contributed by atoms with van der Waals surface area (Å²) in [7, 11) is 0. The Hall–Kier alpha value is -3.35. The molecule has 2 aromatic heterocycles. The number of benzene rings is 2. The highest BCUT2D eigenvalue weighted by atomic mass is 35.5. The molecule has 0 aliphatic rings. The van der Waals surface area contributed by atoms with Crippen molar-refractivity contribution in [3.05, 3.63) is 98.9 Å².